The van der Waals surface area contributed by atoms with Crippen LogP contribution in [0.4, 0.5) is 0 Å². The molecule has 8 unspecified atom stereocenters. The van der Waals surface area contributed by atoms with Gasteiger partial charge >= 0.3 is 0 Å². The second-order valence-corrected chi connectivity index (χ2v) is 8.10. The van der Waals surface area contributed by atoms with Crippen molar-refractivity contribution >= 4 is 0 Å². The van der Waals surface area contributed by atoms with Crippen LogP contribution in [0.1, 0.15) is 67.2 Å². The van der Waals surface area contributed by atoms with Gasteiger partial charge in [-0.1, -0.05) is 41.5 Å². The zero-order chi connectivity index (χ0) is 14.9. The van der Waals surface area contributed by atoms with Gasteiger partial charge in [-0.15, -0.1) is 0 Å². The third-order valence-corrected chi connectivity index (χ3v) is 6.09. The Morgan fingerprint density at radius 2 is 0.900 bits per heavy atom. The molecule has 0 bridgehead atoms. The molecule has 20 heavy (non-hydrogen) atoms. The molecule has 0 aromatic rings. The van der Waals surface area contributed by atoms with E-state index in [1.165, 1.54) is 12.8 Å². The topological polar surface area (TPSA) is 18.5 Å². The van der Waals surface area contributed by atoms with Crippen LogP contribution in [0.2, 0.25) is 0 Å². The van der Waals surface area contributed by atoms with E-state index in [4.69, 9.17) is 9.78 Å². The molecule has 118 valence electrons. The largest absolute Gasteiger partial charge is 0.233 e. The molecule has 0 aliphatic heterocycles. The van der Waals surface area contributed by atoms with Crippen molar-refractivity contribution < 1.29 is 9.78 Å². The van der Waals surface area contributed by atoms with Crippen LogP contribution < -0.4 is 0 Å². The van der Waals surface area contributed by atoms with Gasteiger partial charge in [0.25, 0.3) is 0 Å². The first kappa shape index (κ1) is 16.3. The molecule has 0 heterocycles. The van der Waals surface area contributed by atoms with E-state index in [0.717, 1.165) is 36.5 Å². The normalized spacial score (nSPS) is 50.1. The minimum atomic E-state index is 0.286. The van der Waals surface area contributed by atoms with E-state index in [1.54, 1.807) is 0 Å². The van der Waals surface area contributed by atoms with Gasteiger partial charge < -0.3 is 0 Å². The lowest BCUT2D eigenvalue weighted by atomic mass is 9.74. The van der Waals surface area contributed by atoms with Crippen molar-refractivity contribution in [3.8, 4) is 0 Å². The second-order valence-electron chi connectivity index (χ2n) is 8.10. The molecule has 0 saturated heterocycles. The van der Waals surface area contributed by atoms with E-state index in [1.807, 2.05) is 0 Å². The molecule has 2 aliphatic rings. The van der Waals surface area contributed by atoms with E-state index < -0.39 is 0 Å². The van der Waals surface area contributed by atoms with Gasteiger partial charge in [-0.3, -0.25) is 0 Å². The van der Waals surface area contributed by atoms with E-state index >= 15 is 0 Å². The Kier molecular flexibility index (Phi) is 5.53. The third-order valence-electron chi connectivity index (χ3n) is 6.09. The predicted octanol–water partition coefficient (Wildman–Crippen LogP) is 5.08. The lowest BCUT2D eigenvalue weighted by Gasteiger charge is -2.40. The molecule has 0 spiro atoms. The molecular weight excluding hydrogens is 248 g/mol. The quantitative estimate of drug-likeness (QED) is 0.531. The van der Waals surface area contributed by atoms with Gasteiger partial charge in [0.1, 0.15) is 0 Å². The zero-order valence-corrected chi connectivity index (χ0v) is 14.3. The molecule has 8 atom stereocenters. The maximum absolute atomic E-state index is 5.94. The molecule has 2 fully saturated rings. The molecule has 2 aliphatic carbocycles. The van der Waals surface area contributed by atoms with Gasteiger partial charge in [-0.2, -0.15) is 0 Å². The lowest BCUT2D eigenvalue weighted by Crippen LogP contribution is -2.39. The van der Waals surface area contributed by atoms with Crippen LogP contribution in [0.15, 0.2) is 0 Å². The average molecular weight is 282 g/mol. The summed E-state index contributed by atoms with van der Waals surface area (Å²) in [5.41, 5.74) is 0. The van der Waals surface area contributed by atoms with Crippen LogP contribution in [0.5, 0.6) is 0 Å². The first-order valence-corrected chi connectivity index (χ1v) is 8.70. The van der Waals surface area contributed by atoms with E-state index in [9.17, 15) is 0 Å². The molecule has 2 nitrogen and oxygen atoms in total. The van der Waals surface area contributed by atoms with Gasteiger partial charge in [0.2, 0.25) is 0 Å². The van der Waals surface area contributed by atoms with Crippen molar-refractivity contribution in [3.63, 3.8) is 0 Å². The summed E-state index contributed by atoms with van der Waals surface area (Å²) in [5, 5.41) is 0. The lowest BCUT2D eigenvalue weighted by molar-refractivity contribution is -0.378. The van der Waals surface area contributed by atoms with Crippen molar-refractivity contribution in [1.29, 1.82) is 0 Å². The van der Waals surface area contributed by atoms with Crippen LogP contribution in [0.25, 0.3) is 0 Å². The maximum atomic E-state index is 5.94. The second kappa shape index (κ2) is 6.79. The summed E-state index contributed by atoms with van der Waals surface area (Å²) < 4.78 is 0. The first-order chi connectivity index (χ1) is 9.38. The van der Waals surface area contributed by atoms with Crippen molar-refractivity contribution in [2.45, 2.75) is 79.4 Å². The van der Waals surface area contributed by atoms with Crippen LogP contribution in [0, 0.1) is 35.5 Å². The Bertz CT molecular complexity index is 274. The van der Waals surface area contributed by atoms with Gasteiger partial charge in [-0.05, 0) is 61.2 Å². The third kappa shape index (κ3) is 3.76. The summed E-state index contributed by atoms with van der Waals surface area (Å²) >= 11 is 0. The average Bonchev–Trinajstić information content (AvgIpc) is 2.37. The summed E-state index contributed by atoms with van der Waals surface area (Å²) in [7, 11) is 0. The van der Waals surface area contributed by atoms with Crippen LogP contribution in [-0.2, 0) is 9.78 Å². The van der Waals surface area contributed by atoms with Crippen molar-refractivity contribution in [2.75, 3.05) is 0 Å². The van der Waals surface area contributed by atoms with E-state index in [0.29, 0.717) is 11.8 Å². The molecule has 0 aromatic carbocycles. The minimum Gasteiger partial charge on any atom is -0.233 e. The molecule has 2 heteroatoms. The maximum Gasteiger partial charge on any atom is 0.0960 e. The summed E-state index contributed by atoms with van der Waals surface area (Å²) in [6, 6.07) is 0. The predicted molar refractivity (Wildman–Crippen MR) is 83.2 cm³/mol. The van der Waals surface area contributed by atoms with Crippen molar-refractivity contribution in [3.05, 3.63) is 0 Å². The smallest absolute Gasteiger partial charge is 0.0960 e. The highest BCUT2D eigenvalue weighted by molar-refractivity contribution is 4.82. The van der Waals surface area contributed by atoms with Crippen molar-refractivity contribution in [2.24, 2.45) is 35.5 Å². The molecule has 2 saturated carbocycles. The Morgan fingerprint density at radius 3 is 1.25 bits per heavy atom. The summed E-state index contributed by atoms with van der Waals surface area (Å²) in [6.45, 7) is 14.0. The molecule has 0 aromatic heterocycles. The van der Waals surface area contributed by atoms with Crippen LogP contribution in [0.3, 0.4) is 0 Å². The van der Waals surface area contributed by atoms with E-state index in [2.05, 4.69) is 41.5 Å². The highest BCUT2D eigenvalue weighted by atomic mass is 17.2. The highest BCUT2D eigenvalue weighted by Gasteiger charge is 2.36. The van der Waals surface area contributed by atoms with Crippen LogP contribution >= 0.6 is 0 Å². The van der Waals surface area contributed by atoms with Crippen molar-refractivity contribution in [1.82, 2.24) is 0 Å². The van der Waals surface area contributed by atoms with Crippen LogP contribution in [-0.4, -0.2) is 12.2 Å². The Hall–Kier alpha value is -0.0800. The fourth-order valence-electron chi connectivity index (χ4n) is 4.24. The highest BCUT2D eigenvalue weighted by Crippen LogP contribution is 2.38. The summed E-state index contributed by atoms with van der Waals surface area (Å²) in [4.78, 5) is 11.9. The monoisotopic (exact) mass is 282 g/mol. The Labute approximate surface area is 125 Å². The van der Waals surface area contributed by atoms with E-state index in [-0.39, 0.29) is 12.2 Å². The SMILES string of the molecule is CC1CC(C)C(C)C(OOC2CC(C)CC(C)C2C)C1. The fourth-order valence-corrected chi connectivity index (χ4v) is 4.24. The molecule has 0 amide bonds. The van der Waals surface area contributed by atoms with Gasteiger partial charge in [-0.25, -0.2) is 9.78 Å². The number of hydrogen-bond acceptors (Lipinski definition) is 2. The molecule has 0 radical (unpaired) electrons. The Morgan fingerprint density at radius 1 is 0.550 bits per heavy atom. The first-order valence-electron chi connectivity index (χ1n) is 8.70. The molecule has 0 N–H and O–H groups in total. The Balaban J connectivity index is 1.87. The number of hydrogen-bond donors (Lipinski definition) is 0. The number of rotatable bonds is 3. The summed E-state index contributed by atoms with van der Waals surface area (Å²) in [6.07, 6.45) is 5.53. The zero-order valence-electron chi connectivity index (χ0n) is 14.3. The molecular formula is C18H34O2. The molecule has 2 rings (SSSR count). The summed E-state index contributed by atoms with van der Waals surface area (Å²) in [5.74, 6) is 4.23. The van der Waals surface area contributed by atoms with Gasteiger partial charge in [0, 0.05) is 0 Å². The van der Waals surface area contributed by atoms with Gasteiger partial charge in [0.15, 0.2) is 0 Å². The standard InChI is InChI=1S/C18H34O2/c1-11-7-13(3)15(5)17(9-11)19-20-18-10-12(2)8-14(4)16(18)6/h11-18H,7-10H2,1-6H3. The van der Waals surface area contributed by atoms with Gasteiger partial charge in [0.05, 0.1) is 12.2 Å². The fraction of sp³-hybridized carbons (Fsp3) is 1.00. The minimum absolute atomic E-state index is 0.286.